The molecule has 4 heterocycles. The molecule has 3 aromatic heterocycles. The molecule has 182 valence electrons. The number of fused-ring (bicyclic) bond motifs is 2. The predicted octanol–water partition coefficient (Wildman–Crippen LogP) is 5.19. The van der Waals surface area contributed by atoms with Gasteiger partial charge in [0.1, 0.15) is 5.75 Å². The predicted molar refractivity (Wildman–Crippen MR) is 133 cm³/mol. The summed E-state index contributed by atoms with van der Waals surface area (Å²) in [5, 5.41) is 2.76. The van der Waals surface area contributed by atoms with Crippen LogP contribution in [0.25, 0.3) is 21.1 Å². The van der Waals surface area contributed by atoms with Crippen LogP contribution >= 0.6 is 22.9 Å². The second-order valence-electron chi connectivity index (χ2n) is 8.20. The van der Waals surface area contributed by atoms with Crippen LogP contribution < -0.4 is 10.1 Å². The van der Waals surface area contributed by atoms with Crippen molar-refractivity contribution in [2.75, 3.05) is 27.2 Å². The Kier molecular flexibility index (Phi) is 6.12. The maximum atomic E-state index is 15.5. The summed E-state index contributed by atoms with van der Waals surface area (Å²) < 4.78 is 28.8. The molecule has 2 amide bonds. The average Bonchev–Trinajstić information content (AvgIpc) is 3.57. The molecule has 35 heavy (non-hydrogen) atoms. The number of amides is 2. The third-order valence-electron chi connectivity index (χ3n) is 6.19. The van der Waals surface area contributed by atoms with E-state index in [0.717, 1.165) is 6.42 Å². The molecule has 0 saturated carbocycles. The molecule has 1 N–H and O–H groups in total. The van der Waals surface area contributed by atoms with Gasteiger partial charge in [-0.1, -0.05) is 11.6 Å². The fourth-order valence-electron chi connectivity index (χ4n) is 4.33. The molecule has 1 atom stereocenters. The van der Waals surface area contributed by atoms with E-state index in [2.05, 4.69) is 10.3 Å². The zero-order valence-electron chi connectivity index (χ0n) is 19.2. The number of carbonyl (C=O) groups is 2. The number of hydrogen-bond donors (Lipinski definition) is 1. The van der Waals surface area contributed by atoms with Crippen LogP contribution in [0.5, 0.6) is 11.5 Å². The summed E-state index contributed by atoms with van der Waals surface area (Å²) in [5.74, 6) is -0.459. The van der Waals surface area contributed by atoms with Gasteiger partial charge in [0.2, 0.25) is 0 Å². The van der Waals surface area contributed by atoms with Gasteiger partial charge in [-0.15, -0.1) is 11.3 Å². The average molecular weight is 517 g/mol. The summed E-state index contributed by atoms with van der Waals surface area (Å²) in [6.45, 7) is 2.81. The summed E-state index contributed by atoms with van der Waals surface area (Å²) >= 11 is 7.64. The zero-order valence-corrected chi connectivity index (χ0v) is 20.8. The Labute approximate surface area is 209 Å². The number of nitrogens with one attached hydrogen (secondary N) is 1. The van der Waals surface area contributed by atoms with E-state index >= 15 is 4.39 Å². The van der Waals surface area contributed by atoms with Crippen molar-refractivity contribution >= 4 is 56.0 Å². The lowest BCUT2D eigenvalue weighted by molar-refractivity contribution is 0.0728. The highest BCUT2D eigenvalue weighted by Gasteiger charge is 2.28. The number of carbonyl (C=O) groups excluding carboxylic acids is 2. The first kappa shape index (κ1) is 23.5. The molecule has 1 aromatic carbocycles. The van der Waals surface area contributed by atoms with E-state index in [9.17, 15) is 9.59 Å². The molecular formula is C24H22ClFN4O4S. The van der Waals surface area contributed by atoms with Crippen LogP contribution in [-0.4, -0.2) is 59.7 Å². The Morgan fingerprint density at radius 2 is 2.09 bits per heavy atom. The van der Waals surface area contributed by atoms with Gasteiger partial charge in [0, 0.05) is 45.2 Å². The topological polar surface area (TPSA) is 85.7 Å². The Bertz CT molecular complexity index is 1480. The summed E-state index contributed by atoms with van der Waals surface area (Å²) in [7, 11) is 3.13. The Morgan fingerprint density at radius 3 is 2.80 bits per heavy atom. The third-order valence-corrected chi connectivity index (χ3v) is 7.78. The van der Waals surface area contributed by atoms with Crippen molar-refractivity contribution in [1.29, 1.82) is 0 Å². The smallest absolute Gasteiger partial charge is 0.326 e. The van der Waals surface area contributed by atoms with E-state index < -0.39 is 11.8 Å². The maximum Gasteiger partial charge on any atom is 0.326 e. The molecule has 0 radical (unpaired) electrons. The first-order valence-corrected chi connectivity index (χ1v) is 12.1. The Morgan fingerprint density at radius 1 is 1.29 bits per heavy atom. The lowest BCUT2D eigenvalue weighted by Gasteiger charge is -2.14. The maximum absolute atomic E-state index is 15.5. The number of pyridine rings is 1. The monoisotopic (exact) mass is 516 g/mol. The van der Waals surface area contributed by atoms with Gasteiger partial charge in [0.05, 0.1) is 37.1 Å². The fourth-order valence-corrected chi connectivity index (χ4v) is 5.63. The van der Waals surface area contributed by atoms with E-state index in [1.54, 1.807) is 43.3 Å². The summed E-state index contributed by atoms with van der Waals surface area (Å²) in [6.07, 6.45) is 2.38. The van der Waals surface area contributed by atoms with Crippen molar-refractivity contribution in [2.24, 2.45) is 0 Å². The van der Waals surface area contributed by atoms with Gasteiger partial charge in [0.15, 0.2) is 11.6 Å². The first-order chi connectivity index (χ1) is 16.8. The van der Waals surface area contributed by atoms with Crippen molar-refractivity contribution < 1.29 is 23.5 Å². The minimum absolute atomic E-state index is 0.0389. The molecule has 0 spiro atoms. The molecule has 0 bridgehead atoms. The molecule has 1 aliphatic heterocycles. The van der Waals surface area contributed by atoms with Crippen LogP contribution in [0, 0.1) is 12.7 Å². The van der Waals surface area contributed by atoms with Crippen molar-refractivity contribution in [3.8, 4) is 11.5 Å². The number of benzene rings is 1. The number of likely N-dealkylation sites (tertiary alicyclic amines) is 1. The van der Waals surface area contributed by atoms with Crippen molar-refractivity contribution in [3.05, 3.63) is 51.9 Å². The minimum atomic E-state index is -0.682. The first-order valence-electron chi connectivity index (χ1n) is 10.9. The van der Waals surface area contributed by atoms with Crippen LogP contribution in [0.15, 0.2) is 30.5 Å². The van der Waals surface area contributed by atoms with Gasteiger partial charge in [0.25, 0.3) is 5.91 Å². The second-order valence-corrected chi connectivity index (χ2v) is 9.63. The summed E-state index contributed by atoms with van der Waals surface area (Å²) in [4.78, 5) is 31.9. The van der Waals surface area contributed by atoms with Gasteiger partial charge in [-0.2, -0.15) is 0 Å². The zero-order chi connectivity index (χ0) is 24.9. The lowest BCUT2D eigenvalue weighted by Crippen LogP contribution is -2.29. The quantitative estimate of drug-likeness (QED) is 0.403. The summed E-state index contributed by atoms with van der Waals surface area (Å²) in [6, 6.07) is 5.96. The minimum Gasteiger partial charge on any atom is -0.453 e. The van der Waals surface area contributed by atoms with E-state index in [4.69, 9.17) is 21.1 Å². The molecule has 1 fully saturated rings. The van der Waals surface area contributed by atoms with Crippen LogP contribution in [0.1, 0.15) is 21.8 Å². The number of aromatic nitrogens is 2. The molecule has 1 saturated heterocycles. The molecule has 8 nitrogen and oxygen atoms in total. The molecule has 0 aliphatic carbocycles. The van der Waals surface area contributed by atoms with Gasteiger partial charge < -0.3 is 19.7 Å². The van der Waals surface area contributed by atoms with E-state index in [0.29, 0.717) is 45.1 Å². The van der Waals surface area contributed by atoms with Crippen LogP contribution in [0.2, 0.25) is 5.02 Å². The standard InChI is InChI=1S/C24H22ClFN4O4S/c1-12-20(25)19-15(30(12)24(32)27-2)4-5-16(21(19)26)34-17-6-8-28-14-10-18(35-22(14)17)23(31)29-9-7-13(11-29)33-3/h4-6,8,10,13H,7,9,11H2,1-3H3,(H,27,32)/t13-/m0/s1. The van der Waals surface area contributed by atoms with Crippen LogP contribution in [-0.2, 0) is 4.74 Å². The van der Waals surface area contributed by atoms with Crippen LogP contribution in [0.3, 0.4) is 0 Å². The number of ether oxygens (including phenoxy) is 2. The Balaban J connectivity index is 1.51. The second kappa shape index (κ2) is 9.10. The van der Waals surface area contributed by atoms with Crippen molar-refractivity contribution in [1.82, 2.24) is 19.8 Å². The summed E-state index contributed by atoms with van der Waals surface area (Å²) in [5.41, 5.74) is 1.34. The normalized spacial score (nSPS) is 15.8. The van der Waals surface area contributed by atoms with Gasteiger partial charge in [-0.05, 0) is 31.5 Å². The third kappa shape index (κ3) is 3.91. The SMILES string of the molecule is CNC(=O)n1c(C)c(Cl)c2c(F)c(Oc3ccnc4cc(C(=O)N5CC[C@H](OC)C5)sc34)ccc21. The highest BCUT2D eigenvalue weighted by atomic mass is 35.5. The number of rotatable bonds is 4. The van der Waals surface area contributed by atoms with Crippen molar-refractivity contribution in [3.63, 3.8) is 0 Å². The number of halogens is 2. The van der Waals surface area contributed by atoms with Gasteiger partial charge >= 0.3 is 6.03 Å². The van der Waals surface area contributed by atoms with Crippen LogP contribution in [0.4, 0.5) is 9.18 Å². The van der Waals surface area contributed by atoms with E-state index in [-0.39, 0.29) is 28.2 Å². The molecular weight excluding hydrogens is 495 g/mol. The molecule has 5 rings (SSSR count). The molecule has 0 unspecified atom stereocenters. The largest absolute Gasteiger partial charge is 0.453 e. The Hall–Kier alpha value is -3.21. The van der Waals surface area contributed by atoms with Crippen molar-refractivity contribution in [2.45, 2.75) is 19.4 Å². The van der Waals surface area contributed by atoms with Gasteiger partial charge in [-0.25, -0.2) is 9.18 Å². The molecule has 4 aromatic rings. The number of methoxy groups -OCH3 is 1. The van der Waals surface area contributed by atoms with E-state index in [1.807, 2.05) is 0 Å². The van der Waals surface area contributed by atoms with E-state index in [1.165, 1.54) is 29.0 Å². The number of thiophene rings is 1. The molecule has 1 aliphatic rings. The molecule has 11 heteroatoms. The van der Waals surface area contributed by atoms with Gasteiger partial charge in [-0.3, -0.25) is 14.3 Å². The lowest BCUT2D eigenvalue weighted by atomic mass is 10.2. The highest BCUT2D eigenvalue weighted by molar-refractivity contribution is 7.21. The number of nitrogens with zero attached hydrogens (tertiary/aromatic N) is 3. The fraction of sp³-hybridized carbons (Fsp3) is 0.292. The number of hydrogen-bond acceptors (Lipinski definition) is 6. The highest BCUT2D eigenvalue weighted by Crippen LogP contribution is 2.40.